The number of hydrogen-bond donors (Lipinski definition) is 1. The van der Waals surface area contributed by atoms with Gasteiger partial charge in [0.2, 0.25) is 5.91 Å². The fourth-order valence-corrected chi connectivity index (χ4v) is 1.09. The Bertz CT molecular complexity index is 218. The summed E-state index contributed by atoms with van der Waals surface area (Å²) in [4.78, 5) is 13.2. The molecule has 0 spiro atoms. The number of hydrogen-bond acceptors (Lipinski definition) is 2. The van der Waals surface area contributed by atoms with Crippen molar-refractivity contribution in [3.63, 3.8) is 0 Å². The summed E-state index contributed by atoms with van der Waals surface area (Å²) in [5, 5.41) is 3.12. The van der Waals surface area contributed by atoms with Crippen LogP contribution in [0.4, 0.5) is 0 Å². The van der Waals surface area contributed by atoms with E-state index in [1.807, 2.05) is 20.9 Å². The lowest BCUT2D eigenvalue weighted by Gasteiger charge is -2.21. The predicted molar refractivity (Wildman–Crippen MR) is 63.5 cm³/mol. The monoisotopic (exact) mass is 210 g/mol. The van der Waals surface area contributed by atoms with Crippen LogP contribution in [-0.2, 0) is 4.79 Å². The molecule has 0 aromatic rings. The lowest BCUT2D eigenvalue weighted by Crippen LogP contribution is -2.39. The van der Waals surface area contributed by atoms with Gasteiger partial charge in [-0.05, 0) is 33.2 Å². The quantitative estimate of drug-likeness (QED) is 0.506. The van der Waals surface area contributed by atoms with Gasteiger partial charge >= 0.3 is 0 Å². The Morgan fingerprint density at radius 2 is 2.13 bits per heavy atom. The minimum absolute atomic E-state index is 0.141. The summed E-state index contributed by atoms with van der Waals surface area (Å²) in [5.74, 6) is 2.74. The van der Waals surface area contributed by atoms with Crippen molar-refractivity contribution in [2.75, 3.05) is 20.1 Å². The molecule has 0 aromatic carbocycles. The molecule has 0 radical (unpaired) electrons. The average molecular weight is 210 g/mol. The average Bonchev–Trinajstić information content (AvgIpc) is 2.21. The Hall–Kier alpha value is -1.01. The molecule has 0 atom stereocenters. The van der Waals surface area contributed by atoms with Crippen LogP contribution in [0.2, 0.25) is 0 Å². The molecule has 0 saturated carbocycles. The maximum Gasteiger partial charge on any atom is 0.236 e. The van der Waals surface area contributed by atoms with Crippen LogP contribution in [-0.4, -0.2) is 37.0 Å². The number of likely N-dealkylation sites (N-methyl/N-ethyl adjacent to an activating group) is 1. The van der Waals surface area contributed by atoms with E-state index in [1.54, 1.807) is 4.90 Å². The second kappa shape index (κ2) is 8.31. The Labute approximate surface area is 93.2 Å². The minimum Gasteiger partial charge on any atom is -0.342 e. The summed E-state index contributed by atoms with van der Waals surface area (Å²) >= 11 is 0. The number of nitrogens with one attached hydrogen (secondary N) is 1. The van der Waals surface area contributed by atoms with Crippen molar-refractivity contribution in [2.24, 2.45) is 0 Å². The molecule has 0 aliphatic rings. The highest BCUT2D eigenvalue weighted by Crippen LogP contribution is 1.94. The maximum atomic E-state index is 11.5. The summed E-state index contributed by atoms with van der Waals surface area (Å²) in [6.45, 7) is 5.29. The molecule has 0 rings (SSSR count). The molecule has 0 aliphatic carbocycles. The van der Waals surface area contributed by atoms with Crippen LogP contribution in [0.3, 0.4) is 0 Å². The van der Waals surface area contributed by atoms with E-state index in [-0.39, 0.29) is 11.9 Å². The van der Waals surface area contributed by atoms with E-state index in [0.717, 1.165) is 25.8 Å². The molecule has 0 fully saturated rings. The van der Waals surface area contributed by atoms with E-state index in [0.29, 0.717) is 6.54 Å². The summed E-state index contributed by atoms with van der Waals surface area (Å²) in [6, 6.07) is 0.265. The van der Waals surface area contributed by atoms with Gasteiger partial charge in [-0.15, -0.1) is 12.3 Å². The molecule has 0 unspecified atom stereocenters. The fraction of sp³-hybridized carbons (Fsp3) is 0.750. The molecular formula is C12H22N2O. The van der Waals surface area contributed by atoms with Gasteiger partial charge in [-0.3, -0.25) is 4.79 Å². The number of nitrogens with zero attached hydrogens (tertiary/aromatic N) is 1. The number of carbonyl (C=O) groups excluding carboxylic acids is 1. The molecule has 3 heteroatoms. The number of rotatable bonds is 7. The summed E-state index contributed by atoms with van der Waals surface area (Å²) in [5.41, 5.74) is 0. The zero-order chi connectivity index (χ0) is 11.7. The van der Waals surface area contributed by atoms with Crippen LogP contribution in [0.15, 0.2) is 0 Å². The SMILES string of the molecule is C#CCCCCNCC(=O)N(C)C(C)C. The van der Waals surface area contributed by atoms with E-state index in [4.69, 9.17) is 6.42 Å². The van der Waals surface area contributed by atoms with Gasteiger partial charge in [0.15, 0.2) is 0 Å². The van der Waals surface area contributed by atoms with E-state index >= 15 is 0 Å². The first-order valence-electron chi connectivity index (χ1n) is 5.49. The van der Waals surface area contributed by atoms with Crippen LogP contribution in [0.1, 0.15) is 33.1 Å². The number of terminal acetylenes is 1. The Kier molecular flexibility index (Phi) is 7.75. The van der Waals surface area contributed by atoms with Gasteiger partial charge in [-0.2, -0.15) is 0 Å². The van der Waals surface area contributed by atoms with Gasteiger partial charge in [0, 0.05) is 19.5 Å². The van der Waals surface area contributed by atoms with Crippen LogP contribution >= 0.6 is 0 Å². The first-order chi connectivity index (χ1) is 7.09. The molecular weight excluding hydrogens is 188 g/mol. The number of amides is 1. The molecule has 86 valence electrons. The first kappa shape index (κ1) is 14.0. The zero-order valence-corrected chi connectivity index (χ0v) is 10.0. The van der Waals surface area contributed by atoms with Crippen molar-refractivity contribution in [2.45, 2.75) is 39.2 Å². The third kappa shape index (κ3) is 6.98. The van der Waals surface area contributed by atoms with E-state index in [2.05, 4.69) is 11.2 Å². The third-order valence-corrected chi connectivity index (χ3v) is 2.37. The van der Waals surface area contributed by atoms with Crippen LogP contribution in [0.5, 0.6) is 0 Å². The Balaban J connectivity index is 3.44. The molecule has 0 saturated heterocycles. The number of unbranched alkanes of at least 4 members (excludes halogenated alkanes) is 2. The van der Waals surface area contributed by atoms with Crippen LogP contribution in [0, 0.1) is 12.3 Å². The van der Waals surface area contributed by atoms with Gasteiger partial charge < -0.3 is 10.2 Å². The van der Waals surface area contributed by atoms with E-state index < -0.39 is 0 Å². The highest BCUT2D eigenvalue weighted by molar-refractivity contribution is 5.78. The normalized spacial score (nSPS) is 10.1. The lowest BCUT2D eigenvalue weighted by molar-refractivity contribution is -0.130. The molecule has 15 heavy (non-hydrogen) atoms. The fourth-order valence-electron chi connectivity index (χ4n) is 1.09. The molecule has 0 heterocycles. The maximum absolute atomic E-state index is 11.5. The predicted octanol–water partition coefficient (Wildman–Crippen LogP) is 1.25. The van der Waals surface area contributed by atoms with Crippen molar-refractivity contribution < 1.29 is 4.79 Å². The topological polar surface area (TPSA) is 32.3 Å². The molecule has 1 amide bonds. The smallest absolute Gasteiger partial charge is 0.236 e. The standard InChI is InChI=1S/C12H22N2O/c1-5-6-7-8-9-13-10-12(15)14(4)11(2)3/h1,11,13H,6-10H2,2-4H3. The summed E-state index contributed by atoms with van der Waals surface area (Å²) < 4.78 is 0. The first-order valence-corrected chi connectivity index (χ1v) is 5.49. The lowest BCUT2D eigenvalue weighted by atomic mass is 10.2. The Morgan fingerprint density at radius 3 is 2.67 bits per heavy atom. The van der Waals surface area contributed by atoms with E-state index in [9.17, 15) is 4.79 Å². The zero-order valence-electron chi connectivity index (χ0n) is 10.0. The van der Waals surface area contributed by atoms with Gasteiger partial charge in [0.25, 0.3) is 0 Å². The van der Waals surface area contributed by atoms with Gasteiger partial charge in [0.05, 0.1) is 6.54 Å². The Morgan fingerprint density at radius 1 is 1.47 bits per heavy atom. The van der Waals surface area contributed by atoms with E-state index in [1.165, 1.54) is 0 Å². The summed E-state index contributed by atoms with van der Waals surface area (Å²) in [7, 11) is 1.83. The van der Waals surface area contributed by atoms with Gasteiger partial charge in [0.1, 0.15) is 0 Å². The van der Waals surface area contributed by atoms with Crippen LogP contribution in [0.25, 0.3) is 0 Å². The third-order valence-electron chi connectivity index (χ3n) is 2.37. The second-order valence-electron chi connectivity index (χ2n) is 3.94. The molecule has 0 aliphatic heterocycles. The van der Waals surface area contributed by atoms with Crippen molar-refractivity contribution >= 4 is 5.91 Å². The second-order valence-corrected chi connectivity index (χ2v) is 3.94. The number of carbonyl (C=O) groups is 1. The minimum atomic E-state index is 0.141. The summed E-state index contributed by atoms with van der Waals surface area (Å²) in [6.07, 6.45) is 8.01. The highest BCUT2D eigenvalue weighted by Gasteiger charge is 2.10. The van der Waals surface area contributed by atoms with Gasteiger partial charge in [-0.25, -0.2) is 0 Å². The van der Waals surface area contributed by atoms with Crippen LogP contribution < -0.4 is 5.32 Å². The van der Waals surface area contributed by atoms with Crippen molar-refractivity contribution in [1.29, 1.82) is 0 Å². The highest BCUT2D eigenvalue weighted by atomic mass is 16.2. The molecule has 0 aromatic heterocycles. The van der Waals surface area contributed by atoms with Crippen molar-refractivity contribution in [1.82, 2.24) is 10.2 Å². The molecule has 1 N–H and O–H groups in total. The van der Waals surface area contributed by atoms with Crippen molar-refractivity contribution in [3.8, 4) is 12.3 Å². The molecule has 0 bridgehead atoms. The largest absolute Gasteiger partial charge is 0.342 e. The van der Waals surface area contributed by atoms with Crippen molar-refractivity contribution in [3.05, 3.63) is 0 Å². The van der Waals surface area contributed by atoms with Gasteiger partial charge in [-0.1, -0.05) is 0 Å². The molecule has 3 nitrogen and oxygen atoms in total.